The Labute approximate surface area is 193 Å². The van der Waals surface area contributed by atoms with Crippen LogP contribution >= 0.6 is 0 Å². The fraction of sp³-hybridized carbons (Fsp3) is 1.00. The van der Waals surface area contributed by atoms with Gasteiger partial charge in [-0.15, -0.1) is 0 Å². The lowest BCUT2D eigenvalue weighted by Crippen LogP contribution is -2.65. The van der Waals surface area contributed by atoms with Crippen molar-refractivity contribution in [2.24, 2.45) is 5.73 Å². The molecule has 0 saturated carbocycles. The van der Waals surface area contributed by atoms with Gasteiger partial charge in [0.2, 0.25) is 0 Å². The molecule has 0 unspecified atom stereocenters. The Bertz CT molecular complexity index is 642. The number of aliphatic hydroxyl groups excluding tert-OH is 10. The van der Waals surface area contributed by atoms with Gasteiger partial charge >= 0.3 is 0 Å². The minimum absolute atomic E-state index is 0.248. The second kappa shape index (κ2) is 11.6. The highest BCUT2D eigenvalue weighted by Gasteiger charge is 2.51. The molecule has 3 rings (SSSR count). The molecule has 0 aromatic carbocycles. The van der Waals surface area contributed by atoms with Crippen molar-refractivity contribution in [1.29, 1.82) is 0 Å². The number of ether oxygens (including phenoxy) is 5. The number of nitrogens with two attached hydrogens (primary N) is 1. The van der Waals surface area contributed by atoms with Gasteiger partial charge < -0.3 is 80.5 Å². The minimum Gasteiger partial charge on any atom is -0.394 e. The summed E-state index contributed by atoms with van der Waals surface area (Å²) in [4.78, 5) is 0. The lowest BCUT2D eigenvalue weighted by Gasteiger charge is -2.46. The first-order valence-electron chi connectivity index (χ1n) is 10.7. The number of hydrogen-bond donors (Lipinski definition) is 11. The molecule has 0 aromatic heterocycles. The number of aliphatic hydroxyl groups is 10. The molecular formula is C18H33NO15. The Morgan fingerprint density at radius 3 is 1.74 bits per heavy atom. The van der Waals surface area contributed by atoms with Gasteiger partial charge in [-0.25, -0.2) is 0 Å². The molecule has 12 N–H and O–H groups in total. The van der Waals surface area contributed by atoms with E-state index in [9.17, 15) is 51.1 Å². The maximum atomic E-state index is 10.7. The summed E-state index contributed by atoms with van der Waals surface area (Å²) in [6.07, 6.45) is -24.2. The van der Waals surface area contributed by atoms with Crippen molar-refractivity contribution in [1.82, 2.24) is 0 Å². The first-order chi connectivity index (χ1) is 16.0. The summed E-state index contributed by atoms with van der Waals surface area (Å²) in [6.45, 7) is -1.53. The van der Waals surface area contributed by atoms with E-state index in [4.69, 9.17) is 29.4 Å². The van der Waals surface area contributed by atoms with E-state index in [1.165, 1.54) is 0 Å². The van der Waals surface area contributed by atoms with E-state index in [2.05, 4.69) is 0 Å². The van der Waals surface area contributed by atoms with Gasteiger partial charge in [-0.05, 0) is 0 Å². The van der Waals surface area contributed by atoms with E-state index in [1.807, 2.05) is 0 Å². The molecule has 3 saturated heterocycles. The molecule has 15 atom stereocenters. The van der Waals surface area contributed by atoms with Crippen LogP contribution in [-0.4, -0.2) is 163 Å². The van der Waals surface area contributed by atoms with Crippen LogP contribution in [0.25, 0.3) is 0 Å². The summed E-state index contributed by atoms with van der Waals surface area (Å²) in [5.41, 5.74) is 5.47. The minimum atomic E-state index is -1.90. The van der Waals surface area contributed by atoms with Crippen LogP contribution in [0.4, 0.5) is 0 Å². The van der Waals surface area contributed by atoms with Gasteiger partial charge in [-0.3, -0.25) is 0 Å². The molecule has 3 heterocycles. The third-order valence-electron chi connectivity index (χ3n) is 6.13. The maximum Gasteiger partial charge on any atom is 0.187 e. The third-order valence-corrected chi connectivity index (χ3v) is 6.13. The molecular weight excluding hydrogens is 470 g/mol. The summed E-state index contributed by atoms with van der Waals surface area (Å²) >= 11 is 0. The standard InChI is InChI=1S/C18H33NO15/c19-1-4-7(21)10(24)13(27)18(32-4)34-15-9(23)6(31-16(29)14(15)28)3-30-17-12(26)11(25)8(22)5(2-20)33-17/h4-18,20-29H,1-3,19H2/t4-,5-,6-,7-,8-,9-,10+,11+,12+,13+,14+,15+,16-,17+,18-/m1/s1. The number of rotatable bonds is 7. The second-order valence-electron chi connectivity index (χ2n) is 8.43. The van der Waals surface area contributed by atoms with Gasteiger partial charge in [0.15, 0.2) is 18.9 Å². The Balaban J connectivity index is 1.65. The van der Waals surface area contributed by atoms with Crippen LogP contribution in [-0.2, 0) is 23.7 Å². The zero-order valence-electron chi connectivity index (χ0n) is 17.9. The summed E-state index contributed by atoms with van der Waals surface area (Å²) in [5.74, 6) is 0. The zero-order valence-corrected chi connectivity index (χ0v) is 17.9. The highest BCUT2D eigenvalue weighted by Crippen LogP contribution is 2.29. The summed E-state index contributed by atoms with van der Waals surface area (Å²) in [5, 5.41) is 99.9. The Morgan fingerprint density at radius 2 is 1.15 bits per heavy atom. The van der Waals surface area contributed by atoms with Crippen molar-refractivity contribution in [2.75, 3.05) is 19.8 Å². The normalized spacial score (nSPS) is 52.5. The Kier molecular flexibility index (Phi) is 9.54. The molecule has 0 aliphatic carbocycles. The van der Waals surface area contributed by atoms with Crippen molar-refractivity contribution in [3.63, 3.8) is 0 Å². The van der Waals surface area contributed by atoms with E-state index >= 15 is 0 Å². The topological polar surface area (TPSA) is 274 Å². The molecule has 3 fully saturated rings. The van der Waals surface area contributed by atoms with Gasteiger partial charge in [-0.1, -0.05) is 0 Å². The lowest BCUT2D eigenvalue weighted by atomic mass is 9.96. The first kappa shape index (κ1) is 27.9. The molecule has 0 radical (unpaired) electrons. The van der Waals surface area contributed by atoms with Crippen molar-refractivity contribution >= 4 is 0 Å². The first-order valence-corrected chi connectivity index (χ1v) is 10.7. The molecule has 16 nitrogen and oxygen atoms in total. The van der Waals surface area contributed by atoms with Crippen molar-refractivity contribution in [2.45, 2.75) is 92.1 Å². The highest BCUT2D eigenvalue weighted by atomic mass is 16.7. The van der Waals surface area contributed by atoms with Crippen LogP contribution in [0.2, 0.25) is 0 Å². The van der Waals surface area contributed by atoms with Gasteiger partial charge in [-0.2, -0.15) is 0 Å². The van der Waals surface area contributed by atoms with E-state index in [0.717, 1.165) is 0 Å². The van der Waals surface area contributed by atoms with Crippen molar-refractivity contribution < 1.29 is 74.7 Å². The average molecular weight is 503 g/mol. The quantitative estimate of drug-likeness (QED) is 0.154. The van der Waals surface area contributed by atoms with Crippen LogP contribution in [0.1, 0.15) is 0 Å². The zero-order chi connectivity index (χ0) is 25.3. The second-order valence-corrected chi connectivity index (χ2v) is 8.43. The predicted molar refractivity (Wildman–Crippen MR) is 103 cm³/mol. The molecule has 16 heteroatoms. The Hall–Kier alpha value is -0.640. The predicted octanol–water partition coefficient (Wildman–Crippen LogP) is -7.61. The van der Waals surface area contributed by atoms with Crippen LogP contribution in [0.5, 0.6) is 0 Å². The monoisotopic (exact) mass is 503 g/mol. The van der Waals surface area contributed by atoms with E-state index in [1.54, 1.807) is 0 Å². The van der Waals surface area contributed by atoms with Crippen molar-refractivity contribution in [3.05, 3.63) is 0 Å². The van der Waals surface area contributed by atoms with Crippen LogP contribution in [0, 0.1) is 0 Å². The van der Waals surface area contributed by atoms with Crippen LogP contribution < -0.4 is 5.73 Å². The maximum absolute atomic E-state index is 10.7. The molecule has 0 amide bonds. The Morgan fingerprint density at radius 1 is 0.588 bits per heavy atom. The summed E-state index contributed by atoms with van der Waals surface area (Å²) in [7, 11) is 0. The lowest BCUT2D eigenvalue weighted by molar-refractivity contribution is -0.359. The molecule has 34 heavy (non-hydrogen) atoms. The van der Waals surface area contributed by atoms with Gasteiger partial charge in [0.1, 0.15) is 73.2 Å². The van der Waals surface area contributed by atoms with E-state index < -0.39 is 105 Å². The van der Waals surface area contributed by atoms with Crippen molar-refractivity contribution in [3.8, 4) is 0 Å². The van der Waals surface area contributed by atoms with Crippen LogP contribution in [0.15, 0.2) is 0 Å². The smallest absolute Gasteiger partial charge is 0.187 e. The summed E-state index contributed by atoms with van der Waals surface area (Å²) in [6, 6.07) is 0. The van der Waals surface area contributed by atoms with E-state index in [0.29, 0.717) is 0 Å². The molecule has 0 aromatic rings. The van der Waals surface area contributed by atoms with Gasteiger partial charge in [0.25, 0.3) is 0 Å². The van der Waals surface area contributed by atoms with Gasteiger partial charge in [0.05, 0.1) is 13.2 Å². The van der Waals surface area contributed by atoms with E-state index in [-0.39, 0.29) is 6.54 Å². The SMILES string of the molecule is NC[C@H]1O[C@H](O[C@@H]2[C@H](O)[C@H](O)O[C@H](CO[C@H]3O[C@H](CO)[C@@H](O)[C@H](O)[C@@H]3O)[C@H]2O)[C@@H](O)[C@@H](O)[C@@H]1O. The molecule has 3 aliphatic heterocycles. The fourth-order valence-electron chi connectivity index (χ4n) is 3.99. The van der Waals surface area contributed by atoms with Gasteiger partial charge in [0, 0.05) is 6.54 Å². The molecule has 200 valence electrons. The highest BCUT2D eigenvalue weighted by molar-refractivity contribution is 4.95. The van der Waals surface area contributed by atoms with Crippen LogP contribution in [0.3, 0.4) is 0 Å². The fourth-order valence-corrected chi connectivity index (χ4v) is 3.99. The number of hydrogen-bond acceptors (Lipinski definition) is 16. The molecule has 3 aliphatic rings. The summed E-state index contributed by atoms with van der Waals surface area (Å²) < 4.78 is 26.3. The largest absolute Gasteiger partial charge is 0.394 e. The third kappa shape index (κ3) is 5.52. The molecule has 0 bridgehead atoms. The molecule has 0 spiro atoms. The average Bonchev–Trinajstić information content (AvgIpc) is 2.82.